The van der Waals surface area contributed by atoms with Crippen LogP contribution in [0.3, 0.4) is 0 Å². The third-order valence-corrected chi connectivity index (χ3v) is 3.26. The number of aromatic amines is 1. The molecule has 2 aliphatic heterocycles. The zero-order chi connectivity index (χ0) is 16.6. The predicted molar refractivity (Wildman–Crippen MR) is 83.8 cm³/mol. The summed E-state index contributed by atoms with van der Waals surface area (Å²) in [6.45, 7) is 18.2. The van der Waals surface area contributed by atoms with Gasteiger partial charge < -0.3 is 4.57 Å². The Morgan fingerprint density at radius 2 is 1.91 bits per heavy atom. The smallest absolute Gasteiger partial charge is 0.320 e. The quantitative estimate of drug-likeness (QED) is 0.444. The van der Waals surface area contributed by atoms with Crippen LogP contribution >= 0.6 is 0 Å². The minimum absolute atomic E-state index is 0.00885. The van der Waals surface area contributed by atoms with Gasteiger partial charge in [-0.15, -0.1) is 6.58 Å². The average molecular weight is 304 g/mol. The van der Waals surface area contributed by atoms with Crippen molar-refractivity contribution in [3.8, 4) is 11.5 Å². The number of H-pyrrole nitrogens is 1. The largest absolute Gasteiger partial charge is 0.349 e. The van der Waals surface area contributed by atoms with Crippen LogP contribution in [0.1, 0.15) is 0 Å². The molecular formula is C15H8N6O2. The third-order valence-electron chi connectivity index (χ3n) is 3.26. The number of allylic oxidation sites excluding steroid dienone is 1. The Bertz CT molecular complexity index is 1130. The van der Waals surface area contributed by atoms with Crippen LogP contribution in [0.15, 0.2) is 34.4 Å². The summed E-state index contributed by atoms with van der Waals surface area (Å²) in [6, 6.07) is 2.94. The molecule has 3 rings (SSSR count). The molecule has 1 aromatic carbocycles. The van der Waals surface area contributed by atoms with Crippen LogP contribution in [0.25, 0.3) is 32.2 Å². The molecule has 1 N–H and O–H groups in total. The van der Waals surface area contributed by atoms with Crippen LogP contribution in [-0.4, -0.2) is 19.5 Å². The van der Waals surface area contributed by atoms with Crippen LogP contribution < -0.4 is 11.2 Å². The molecule has 0 radical (unpaired) electrons. The average Bonchev–Trinajstić information content (AvgIpc) is 2.54. The molecule has 1 aromatic rings. The van der Waals surface area contributed by atoms with Gasteiger partial charge in [-0.25, -0.2) is 9.78 Å². The van der Waals surface area contributed by atoms with Crippen LogP contribution in [0.5, 0.6) is 0 Å². The maximum Gasteiger partial charge on any atom is 0.349 e. The monoisotopic (exact) mass is 304 g/mol. The zero-order valence-electron chi connectivity index (χ0n) is 11.7. The van der Waals surface area contributed by atoms with E-state index >= 15 is 0 Å². The van der Waals surface area contributed by atoms with E-state index in [0.717, 1.165) is 0 Å². The summed E-state index contributed by atoms with van der Waals surface area (Å²) in [7, 11) is 0. The maximum atomic E-state index is 12.0. The second-order valence-electron chi connectivity index (χ2n) is 4.61. The van der Waals surface area contributed by atoms with Gasteiger partial charge in [-0.1, -0.05) is 6.08 Å². The van der Waals surface area contributed by atoms with Gasteiger partial charge in [0.15, 0.2) is 22.9 Å². The first kappa shape index (κ1) is 14.2. The number of fused-ring (bicyclic) bond motifs is 2. The molecule has 0 aromatic heterocycles. The summed E-state index contributed by atoms with van der Waals surface area (Å²) in [5, 5.41) is 0. The van der Waals surface area contributed by atoms with Gasteiger partial charge >= 0.3 is 5.69 Å². The van der Waals surface area contributed by atoms with E-state index in [-0.39, 0.29) is 29.4 Å². The minimum Gasteiger partial charge on any atom is -0.320 e. The van der Waals surface area contributed by atoms with Crippen molar-refractivity contribution in [3.05, 3.63) is 68.5 Å². The highest BCUT2D eigenvalue weighted by molar-refractivity contribution is 5.90. The van der Waals surface area contributed by atoms with E-state index in [1.807, 2.05) is 0 Å². The van der Waals surface area contributed by atoms with Crippen molar-refractivity contribution in [2.24, 2.45) is 0 Å². The Kier molecular flexibility index (Phi) is 3.21. The fourth-order valence-corrected chi connectivity index (χ4v) is 2.31. The second-order valence-corrected chi connectivity index (χ2v) is 4.61. The van der Waals surface area contributed by atoms with Gasteiger partial charge in [0.05, 0.1) is 24.2 Å². The molecule has 0 amide bonds. The van der Waals surface area contributed by atoms with E-state index in [4.69, 9.17) is 13.1 Å². The molecule has 8 heteroatoms. The molecule has 0 unspecified atom stereocenters. The minimum atomic E-state index is -0.773. The van der Waals surface area contributed by atoms with Crippen molar-refractivity contribution in [2.45, 2.75) is 6.54 Å². The Morgan fingerprint density at radius 1 is 1.22 bits per heavy atom. The van der Waals surface area contributed by atoms with E-state index in [1.165, 1.54) is 12.1 Å². The van der Waals surface area contributed by atoms with Gasteiger partial charge in [-0.2, -0.15) is 4.98 Å². The number of hydrogen-bond donors (Lipinski definition) is 1. The van der Waals surface area contributed by atoms with E-state index in [9.17, 15) is 9.59 Å². The third kappa shape index (κ3) is 2.15. The first-order chi connectivity index (χ1) is 11.1. The lowest BCUT2D eigenvalue weighted by atomic mass is 10.2. The SMILES string of the molecule is [C-]#[N+]c1cc2nc3c(=O)[nH]c(=O)nc-3n(CC=C)c2cc1[N+]#[C-]. The molecule has 0 saturated heterocycles. The Balaban J connectivity index is 2.60. The lowest BCUT2D eigenvalue weighted by Crippen LogP contribution is -2.28. The molecule has 0 atom stereocenters. The molecule has 2 heterocycles. The molecule has 0 bridgehead atoms. The van der Waals surface area contributed by atoms with Crippen LogP contribution in [0.4, 0.5) is 11.4 Å². The number of hydrogen-bond acceptors (Lipinski definition) is 4. The van der Waals surface area contributed by atoms with Gasteiger partial charge in [-0.05, 0) is 12.1 Å². The molecule has 0 saturated carbocycles. The fourth-order valence-electron chi connectivity index (χ4n) is 2.31. The fraction of sp³-hybridized carbons (Fsp3) is 0.0667. The van der Waals surface area contributed by atoms with Gasteiger partial charge in [0, 0.05) is 6.54 Å². The number of benzene rings is 1. The number of nitrogens with zero attached hydrogens (tertiary/aromatic N) is 5. The Labute approximate surface area is 129 Å². The first-order valence-corrected chi connectivity index (χ1v) is 6.43. The molecule has 0 fully saturated rings. The number of aromatic nitrogens is 4. The van der Waals surface area contributed by atoms with Gasteiger partial charge in [0.2, 0.25) is 0 Å². The summed E-state index contributed by atoms with van der Waals surface area (Å²) < 4.78 is 1.57. The second kappa shape index (κ2) is 5.20. The standard InChI is InChI=1S/C15H8N6O2/c1-4-5-21-11-7-9(17-3)8(16-2)6-10(11)18-12-13(21)19-15(23)20-14(12)22/h4,6-7H,1,5H2,(H,20,22,23). The molecule has 8 nitrogen and oxygen atoms in total. The van der Waals surface area contributed by atoms with E-state index in [1.54, 1.807) is 10.6 Å². The highest BCUT2D eigenvalue weighted by atomic mass is 16.2. The molecule has 0 spiro atoms. The molecule has 2 aliphatic rings. The normalized spacial score (nSPS) is 10.3. The molecule has 23 heavy (non-hydrogen) atoms. The lowest BCUT2D eigenvalue weighted by molar-refractivity contribution is 0.809. The summed E-state index contributed by atoms with van der Waals surface area (Å²) in [4.78, 5) is 40.2. The van der Waals surface area contributed by atoms with Crippen molar-refractivity contribution in [1.82, 2.24) is 19.5 Å². The number of rotatable bonds is 2. The summed E-state index contributed by atoms with van der Waals surface area (Å²) in [6.07, 6.45) is 1.58. The molecule has 0 aliphatic carbocycles. The van der Waals surface area contributed by atoms with E-state index in [0.29, 0.717) is 11.0 Å². The van der Waals surface area contributed by atoms with Crippen molar-refractivity contribution >= 4 is 22.4 Å². The molecule has 110 valence electrons. The summed E-state index contributed by atoms with van der Waals surface area (Å²) >= 11 is 0. The zero-order valence-corrected chi connectivity index (χ0v) is 11.7. The highest BCUT2D eigenvalue weighted by Gasteiger charge is 2.19. The summed E-state index contributed by atoms with van der Waals surface area (Å²) in [5.41, 5.74) is -0.265. The van der Waals surface area contributed by atoms with Gasteiger partial charge in [0.25, 0.3) is 5.56 Å². The van der Waals surface area contributed by atoms with Crippen LogP contribution in [0, 0.1) is 13.1 Å². The van der Waals surface area contributed by atoms with Crippen molar-refractivity contribution in [3.63, 3.8) is 0 Å². The Hall–Kier alpha value is -3.78. The van der Waals surface area contributed by atoms with Crippen molar-refractivity contribution < 1.29 is 0 Å². The highest BCUT2D eigenvalue weighted by Crippen LogP contribution is 2.33. The van der Waals surface area contributed by atoms with Crippen molar-refractivity contribution in [2.75, 3.05) is 0 Å². The van der Waals surface area contributed by atoms with Gasteiger partial charge in [0.1, 0.15) is 0 Å². The maximum absolute atomic E-state index is 12.0. The predicted octanol–water partition coefficient (Wildman–Crippen LogP) is 1.87. The van der Waals surface area contributed by atoms with E-state index in [2.05, 4.69) is 31.2 Å². The Morgan fingerprint density at radius 3 is 2.57 bits per heavy atom. The van der Waals surface area contributed by atoms with Crippen LogP contribution in [0.2, 0.25) is 0 Å². The number of nitrogens with one attached hydrogen (secondary N) is 1. The van der Waals surface area contributed by atoms with Crippen molar-refractivity contribution in [1.29, 1.82) is 0 Å². The van der Waals surface area contributed by atoms with Gasteiger partial charge in [-0.3, -0.25) is 19.5 Å². The van der Waals surface area contributed by atoms with Crippen LogP contribution in [-0.2, 0) is 6.54 Å². The summed E-state index contributed by atoms with van der Waals surface area (Å²) in [5.74, 6) is 0.109. The first-order valence-electron chi connectivity index (χ1n) is 6.43. The topological polar surface area (TPSA) is 89.4 Å². The lowest BCUT2D eigenvalue weighted by Gasteiger charge is -2.15. The van der Waals surface area contributed by atoms with E-state index < -0.39 is 11.2 Å². The molecular weight excluding hydrogens is 296 g/mol.